The van der Waals surface area contributed by atoms with Gasteiger partial charge in [-0.2, -0.15) is 0 Å². The topological polar surface area (TPSA) is 6.48 Å². The van der Waals surface area contributed by atoms with E-state index in [0.717, 1.165) is 106 Å². The first-order valence-electron chi connectivity index (χ1n) is 43.4. The molecular weight excluding hydrogens is 1520 g/mol. The molecule has 21 rings (SSSR count). The van der Waals surface area contributed by atoms with E-state index in [1.54, 1.807) is 0 Å². The molecule has 0 atom stereocenters. The Labute approximate surface area is 732 Å². The molecule has 123 heavy (non-hydrogen) atoms. The quantitative estimate of drug-likeness (QED) is 0.113. The van der Waals surface area contributed by atoms with Crippen molar-refractivity contribution >= 4 is 120 Å². The molecule has 0 unspecified atom stereocenters. The van der Waals surface area contributed by atoms with Crippen LogP contribution in [0.4, 0.5) is 34.1 Å². The van der Waals surface area contributed by atoms with Crippen molar-refractivity contribution in [3.8, 4) is 111 Å². The minimum absolute atomic E-state index is 0.138. The van der Waals surface area contributed by atoms with Crippen molar-refractivity contribution in [1.29, 1.82) is 0 Å². The summed E-state index contributed by atoms with van der Waals surface area (Å²) in [4.78, 5) is 5.58. The summed E-state index contributed by atoms with van der Waals surface area (Å²) in [6, 6.07) is 143. The van der Waals surface area contributed by atoms with Gasteiger partial charge < -0.3 is 9.80 Å². The number of benzene rings is 17. The third-order valence-corrected chi connectivity index (χ3v) is 28.1. The average molecular weight is 1620 g/mol. The van der Waals surface area contributed by atoms with Crippen LogP contribution < -0.4 is 26.2 Å². The number of hydrogen-bond donors (Lipinski definition) is 0. The van der Waals surface area contributed by atoms with Gasteiger partial charge in [-0.15, -0.1) is 22.7 Å². The van der Waals surface area contributed by atoms with Gasteiger partial charge >= 0.3 is 0 Å². The second kappa shape index (κ2) is 29.9. The van der Waals surface area contributed by atoms with E-state index in [9.17, 15) is 0 Å². The van der Waals surface area contributed by atoms with E-state index in [1.165, 1.54) is 118 Å². The number of hydrogen-bond acceptors (Lipinski definition) is 4. The van der Waals surface area contributed by atoms with Gasteiger partial charge in [0.05, 0.1) is 11.4 Å². The van der Waals surface area contributed by atoms with Crippen LogP contribution in [0.3, 0.4) is 0 Å². The van der Waals surface area contributed by atoms with Gasteiger partial charge in [-0.3, -0.25) is 0 Å². The summed E-state index contributed by atoms with van der Waals surface area (Å²) >= 11 is 3.78. The van der Waals surface area contributed by atoms with Gasteiger partial charge in [0.2, 0.25) is 0 Å². The van der Waals surface area contributed by atoms with Crippen LogP contribution in [0.5, 0.6) is 0 Å². The molecular formula is C118H97BN2S2. The van der Waals surface area contributed by atoms with Crippen LogP contribution in [0.2, 0.25) is 0 Å². The molecule has 17 aromatic carbocycles. The second-order valence-corrected chi connectivity index (χ2v) is 40.1. The molecule has 4 heterocycles. The van der Waals surface area contributed by atoms with Crippen LogP contribution in [0.15, 0.2) is 370 Å². The van der Waals surface area contributed by atoms with Crippen molar-refractivity contribution in [2.24, 2.45) is 0 Å². The molecule has 2 aromatic heterocycles. The molecule has 0 fully saturated rings. The molecule has 0 saturated carbocycles. The number of anilines is 6. The zero-order valence-electron chi connectivity index (χ0n) is 72.0. The molecule has 594 valence electrons. The zero-order valence-corrected chi connectivity index (χ0v) is 73.6. The first-order valence-corrected chi connectivity index (χ1v) is 45.1. The van der Waals surface area contributed by atoms with Crippen molar-refractivity contribution < 1.29 is 0 Å². The van der Waals surface area contributed by atoms with E-state index < -0.39 is 0 Å². The Balaban J connectivity index is 0.988. The number of nitrogens with zero attached hydrogens (tertiary/aromatic N) is 2. The highest BCUT2D eigenvalue weighted by Crippen LogP contribution is 2.58. The lowest BCUT2D eigenvalue weighted by atomic mass is 9.33. The molecule has 0 aliphatic carbocycles. The lowest BCUT2D eigenvalue weighted by Gasteiger charge is -2.46. The van der Waals surface area contributed by atoms with Crippen LogP contribution in [0.25, 0.3) is 152 Å². The molecule has 5 heteroatoms. The fourth-order valence-electron chi connectivity index (χ4n) is 19.3. The maximum Gasteiger partial charge on any atom is 0.252 e. The summed E-state index contributed by atoms with van der Waals surface area (Å²) in [6.45, 7) is 28.2. The van der Waals surface area contributed by atoms with E-state index in [1.807, 2.05) is 22.7 Å². The van der Waals surface area contributed by atoms with Gasteiger partial charge in [-0.25, -0.2) is 0 Å². The molecule has 2 nitrogen and oxygen atoms in total. The second-order valence-electron chi connectivity index (χ2n) is 38.0. The average Bonchev–Trinajstić information content (AvgIpc) is 0.819. The summed E-state index contributed by atoms with van der Waals surface area (Å²) in [5.74, 6) is 0. The molecule has 0 bridgehead atoms. The molecule has 0 N–H and O–H groups in total. The third-order valence-electron chi connectivity index (χ3n) is 25.8. The van der Waals surface area contributed by atoms with Crippen molar-refractivity contribution in [2.75, 3.05) is 9.80 Å². The van der Waals surface area contributed by atoms with E-state index in [2.05, 4.69) is 463 Å². The van der Waals surface area contributed by atoms with Crippen LogP contribution in [-0.4, -0.2) is 6.71 Å². The van der Waals surface area contributed by atoms with Gasteiger partial charge in [0, 0.05) is 85.3 Å². The lowest BCUT2D eigenvalue weighted by molar-refractivity contribution is 0.569. The Kier molecular flexibility index (Phi) is 18.7. The summed E-state index contributed by atoms with van der Waals surface area (Å²) < 4.78 is 5.06. The number of rotatable bonds is 12. The number of fused-ring (bicyclic) bond motifs is 10. The molecule has 2 aliphatic rings. The van der Waals surface area contributed by atoms with Gasteiger partial charge in [0.1, 0.15) is 0 Å². The van der Waals surface area contributed by atoms with Gasteiger partial charge in [0.15, 0.2) is 0 Å². The highest BCUT2D eigenvalue weighted by molar-refractivity contribution is 7.26. The molecule has 0 radical (unpaired) electrons. The minimum Gasteiger partial charge on any atom is -0.310 e. The summed E-state index contributed by atoms with van der Waals surface area (Å²) in [5.41, 5.74) is 37.9. The molecule has 19 aromatic rings. The van der Waals surface area contributed by atoms with Gasteiger partial charge in [-0.05, 0) is 246 Å². The standard InChI is InChI=1S/C118H97BN2S2/c1-115(2,3)88-63-86(64-89(69-88)116(4,5)6)82-55-57-100-103(66-82)121(113-96(77-41-24-16-25-42-77)70-90(117(7,8)9)71-97(113)78-43-26-17-27-44-78)105-68-87(85-61-83(75-37-20-14-21-38-75)60-84(62-85)76-39-22-15-23-40-76)67-104-112(105)119(100)101-65-81(80-46-32-45-79(59-80)74-35-18-13-19-36-74)56-58-102(101)120(104)114-98(92-49-33-53-108-110(92)94-47-28-30-51-106(94)122-108)72-91(118(10,11)12)73-99(114)93-50-34-54-109-111(93)95-48-29-31-52-107(95)123-109/h13-73H,1-12H3. The van der Waals surface area contributed by atoms with Crippen LogP contribution in [0.1, 0.15) is 105 Å². The maximum atomic E-state index is 2.80. The van der Waals surface area contributed by atoms with Crippen LogP contribution >= 0.6 is 22.7 Å². The fourth-order valence-corrected chi connectivity index (χ4v) is 21.5. The van der Waals surface area contributed by atoms with Crippen molar-refractivity contribution in [2.45, 2.75) is 105 Å². The Bertz CT molecular complexity index is 7100. The smallest absolute Gasteiger partial charge is 0.252 e. The predicted molar refractivity (Wildman–Crippen MR) is 535 cm³/mol. The van der Waals surface area contributed by atoms with E-state index in [0.29, 0.717) is 0 Å². The maximum absolute atomic E-state index is 2.80. The first-order chi connectivity index (χ1) is 59.5. The summed E-state index contributed by atoms with van der Waals surface area (Å²) in [6.07, 6.45) is 0. The SMILES string of the molecule is CC(C)(C)c1cc(-c2ccc3c(c2)N(c2c(-c4ccccc4)cc(C(C)(C)C)cc2-c2ccccc2)c2cc(-c4cc(-c5ccccc5)cc(-c5ccccc5)c4)cc4c2B3c2cc(-c3cccc(-c5ccccc5)c3)ccc2N4c2c(-c3cccc4sc5ccccc5c34)cc(C(C)(C)C)cc2-c2cccc3sc4ccccc4c23)cc(C(C)(C)C)c1. The van der Waals surface area contributed by atoms with Gasteiger partial charge in [0.25, 0.3) is 6.71 Å². The van der Waals surface area contributed by atoms with Crippen molar-refractivity contribution in [1.82, 2.24) is 0 Å². The highest BCUT2D eigenvalue weighted by Gasteiger charge is 2.47. The largest absolute Gasteiger partial charge is 0.310 e. The minimum atomic E-state index is -0.335. The van der Waals surface area contributed by atoms with Crippen LogP contribution in [-0.2, 0) is 21.7 Å². The predicted octanol–water partition coefficient (Wildman–Crippen LogP) is 32.4. The molecule has 2 aliphatic heterocycles. The van der Waals surface area contributed by atoms with Gasteiger partial charge in [-0.1, -0.05) is 356 Å². The fraction of sp³-hybridized carbons (Fsp3) is 0.136. The van der Waals surface area contributed by atoms with Crippen molar-refractivity contribution in [3.63, 3.8) is 0 Å². The Hall–Kier alpha value is -13.2. The molecule has 0 saturated heterocycles. The lowest BCUT2D eigenvalue weighted by Crippen LogP contribution is -2.61. The number of thiophene rings is 2. The Morgan fingerprint density at radius 1 is 0.203 bits per heavy atom. The zero-order chi connectivity index (χ0) is 84.0. The highest BCUT2D eigenvalue weighted by atomic mass is 32.1. The third kappa shape index (κ3) is 13.7. The Morgan fingerprint density at radius 3 is 0.992 bits per heavy atom. The van der Waals surface area contributed by atoms with E-state index >= 15 is 0 Å². The molecule has 0 spiro atoms. The Morgan fingerprint density at radius 2 is 0.520 bits per heavy atom. The normalized spacial score (nSPS) is 12.8. The van der Waals surface area contributed by atoms with Crippen molar-refractivity contribution in [3.05, 3.63) is 392 Å². The monoisotopic (exact) mass is 1620 g/mol. The summed E-state index contributed by atoms with van der Waals surface area (Å²) in [5, 5.41) is 5.04. The molecule has 0 amide bonds. The first kappa shape index (κ1) is 77.2. The van der Waals surface area contributed by atoms with E-state index in [4.69, 9.17) is 0 Å². The van der Waals surface area contributed by atoms with Crippen LogP contribution in [0, 0.1) is 0 Å². The summed E-state index contributed by atoms with van der Waals surface area (Å²) in [7, 11) is 0. The van der Waals surface area contributed by atoms with E-state index in [-0.39, 0.29) is 28.4 Å².